The highest BCUT2D eigenvalue weighted by Gasteiger charge is 2.39. The highest BCUT2D eigenvalue weighted by molar-refractivity contribution is 6.05. The molecule has 3 aliphatic heterocycles. The first-order chi connectivity index (χ1) is 15.4. The van der Waals surface area contributed by atoms with Gasteiger partial charge in [-0.25, -0.2) is 9.37 Å². The highest BCUT2D eigenvalue weighted by atomic mass is 19.1. The van der Waals surface area contributed by atoms with Crippen LogP contribution in [-0.2, 0) is 29.7 Å². The number of nitrogens with one attached hydrogen (secondary N) is 1. The van der Waals surface area contributed by atoms with Crippen molar-refractivity contribution in [2.24, 2.45) is 7.05 Å². The number of carbonyl (C=O) groups excluding carboxylic acids is 3. The maximum atomic E-state index is 15.0. The Bertz CT molecular complexity index is 1090. The van der Waals surface area contributed by atoms with Crippen molar-refractivity contribution in [3.8, 4) is 0 Å². The Hall–Kier alpha value is -3.27. The Kier molecular flexibility index (Phi) is 5.16. The number of piperazine rings is 1. The lowest BCUT2D eigenvalue weighted by molar-refractivity contribution is -0.136. The van der Waals surface area contributed by atoms with E-state index >= 15 is 0 Å². The summed E-state index contributed by atoms with van der Waals surface area (Å²) in [6.45, 7) is 3.92. The molecule has 0 spiro atoms. The Morgan fingerprint density at radius 2 is 1.94 bits per heavy atom. The van der Waals surface area contributed by atoms with E-state index in [-0.39, 0.29) is 31.2 Å². The largest absolute Gasteiger partial charge is 0.367 e. The summed E-state index contributed by atoms with van der Waals surface area (Å²) in [6, 6.07) is 2.33. The van der Waals surface area contributed by atoms with Gasteiger partial charge in [-0.3, -0.25) is 24.6 Å². The Morgan fingerprint density at radius 3 is 2.62 bits per heavy atom. The van der Waals surface area contributed by atoms with Gasteiger partial charge in [0, 0.05) is 64.5 Å². The van der Waals surface area contributed by atoms with Crippen LogP contribution in [-0.4, -0.2) is 69.3 Å². The van der Waals surface area contributed by atoms with Gasteiger partial charge < -0.3 is 14.4 Å². The normalized spacial score (nSPS) is 21.8. The van der Waals surface area contributed by atoms with E-state index in [2.05, 4.69) is 15.2 Å². The topological polar surface area (TPSA) is 90.8 Å². The molecule has 9 nitrogen and oxygen atoms in total. The average Bonchev–Trinajstić information content (AvgIpc) is 3.31. The molecule has 3 aliphatic rings. The number of benzene rings is 1. The molecule has 168 valence electrons. The van der Waals surface area contributed by atoms with Crippen LogP contribution in [0.2, 0.25) is 0 Å². The molecule has 4 heterocycles. The van der Waals surface area contributed by atoms with Crippen LogP contribution in [0.1, 0.15) is 34.5 Å². The third kappa shape index (κ3) is 3.75. The Morgan fingerprint density at radius 1 is 1.16 bits per heavy atom. The second kappa shape index (κ2) is 8.01. The molecule has 1 aromatic carbocycles. The fourth-order valence-electron chi connectivity index (χ4n) is 4.74. The Labute approximate surface area is 184 Å². The fourth-order valence-corrected chi connectivity index (χ4v) is 4.74. The van der Waals surface area contributed by atoms with Crippen molar-refractivity contribution in [2.75, 3.05) is 31.1 Å². The predicted molar refractivity (Wildman–Crippen MR) is 113 cm³/mol. The van der Waals surface area contributed by atoms with Crippen molar-refractivity contribution in [1.29, 1.82) is 0 Å². The van der Waals surface area contributed by atoms with E-state index in [0.29, 0.717) is 29.9 Å². The van der Waals surface area contributed by atoms with E-state index in [1.807, 2.05) is 22.7 Å². The van der Waals surface area contributed by atoms with Gasteiger partial charge in [-0.1, -0.05) is 0 Å². The molecule has 0 saturated carbocycles. The van der Waals surface area contributed by atoms with Gasteiger partial charge in [0.25, 0.3) is 5.91 Å². The molecule has 2 fully saturated rings. The standard InChI is InChI=1S/C22H25FN6O3/c1-26-11-15(24-13-26)12-27-4-6-28(7-5-27)19-8-14-10-29(22(32)16(14)9-17(19)23)18-2-3-20(30)25-21(18)31/h8-9,11,13,18H,2-7,10,12H2,1H3,(H,25,30,31). The van der Waals surface area contributed by atoms with Gasteiger partial charge in [-0.15, -0.1) is 0 Å². The molecule has 0 radical (unpaired) electrons. The van der Waals surface area contributed by atoms with Gasteiger partial charge in [0.05, 0.1) is 17.7 Å². The number of piperidine rings is 1. The van der Waals surface area contributed by atoms with Crippen molar-refractivity contribution in [3.63, 3.8) is 0 Å². The summed E-state index contributed by atoms with van der Waals surface area (Å²) in [5, 5.41) is 2.29. The van der Waals surface area contributed by atoms with E-state index in [9.17, 15) is 18.8 Å². The minimum Gasteiger partial charge on any atom is -0.367 e. The van der Waals surface area contributed by atoms with Crippen molar-refractivity contribution in [3.05, 3.63) is 47.3 Å². The Balaban J connectivity index is 1.27. The molecule has 1 unspecified atom stereocenters. The number of anilines is 1. The number of imide groups is 1. The number of aromatic nitrogens is 2. The molecule has 5 rings (SSSR count). The number of fused-ring (bicyclic) bond motifs is 1. The zero-order valence-electron chi connectivity index (χ0n) is 17.9. The highest BCUT2D eigenvalue weighted by Crippen LogP contribution is 2.33. The van der Waals surface area contributed by atoms with Crippen LogP contribution < -0.4 is 10.2 Å². The number of hydrogen-bond acceptors (Lipinski definition) is 6. The van der Waals surface area contributed by atoms with Crippen LogP contribution in [0.5, 0.6) is 0 Å². The molecule has 0 aliphatic carbocycles. The lowest BCUT2D eigenvalue weighted by Crippen LogP contribution is -2.52. The van der Waals surface area contributed by atoms with E-state index in [4.69, 9.17) is 0 Å². The summed E-state index contributed by atoms with van der Waals surface area (Å²) in [7, 11) is 1.94. The third-order valence-corrected chi connectivity index (χ3v) is 6.45. The maximum Gasteiger partial charge on any atom is 0.255 e. The summed E-state index contributed by atoms with van der Waals surface area (Å²) in [5.74, 6) is -1.58. The second-order valence-electron chi connectivity index (χ2n) is 8.65. The number of aryl methyl sites for hydroxylation is 1. The van der Waals surface area contributed by atoms with Crippen molar-refractivity contribution in [2.45, 2.75) is 32.0 Å². The first-order valence-electron chi connectivity index (χ1n) is 10.8. The average molecular weight is 440 g/mol. The predicted octanol–water partition coefficient (Wildman–Crippen LogP) is 0.642. The van der Waals surface area contributed by atoms with Gasteiger partial charge >= 0.3 is 0 Å². The number of imidazole rings is 1. The molecule has 1 aromatic heterocycles. The van der Waals surface area contributed by atoms with Crippen molar-refractivity contribution < 1.29 is 18.8 Å². The summed E-state index contributed by atoms with van der Waals surface area (Å²) >= 11 is 0. The minimum atomic E-state index is -0.700. The molecular formula is C22H25FN6O3. The van der Waals surface area contributed by atoms with Crippen LogP contribution in [0.3, 0.4) is 0 Å². The summed E-state index contributed by atoms with van der Waals surface area (Å²) < 4.78 is 16.9. The van der Waals surface area contributed by atoms with E-state index in [0.717, 1.165) is 25.3 Å². The molecule has 2 saturated heterocycles. The smallest absolute Gasteiger partial charge is 0.255 e. The number of halogens is 1. The van der Waals surface area contributed by atoms with Crippen LogP contribution in [0.15, 0.2) is 24.7 Å². The van der Waals surface area contributed by atoms with E-state index in [1.54, 1.807) is 12.4 Å². The van der Waals surface area contributed by atoms with Crippen molar-refractivity contribution >= 4 is 23.4 Å². The van der Waals surface area contributed by atoms with E-state index < -0.39 is 17.8 Å². The molecule has 1 N–H and O–H groups in total. The number of hydrogen-bond donors (Lipinski definition) is 1. The molecule has 0 bridgehead atoms. The van der Waals surface area contributed by atoms with Crippen molar-refractivity contribution in [1.82, 2.24) is 24.7 Å². The number of carbonyl (C=O) groups is 3. The maximum absolute atomic E-state index is 15.0. The quantitative estimate of drug-likeness (QED) is 0.702. The van der Waals surface area contributed by atoms with Crippen LogP contribution >= 0.6 is 0 Å². The molecular weight excluding hydrogens is 415 g/mol. The molecule has 2 aromatic rings. The van der Waals surface area contributed by atoms with Crippen LogP contribution in [0.25, 0.3) is 0 Å². The van der Waals surface area contributed by atoms with Gasteiger partial charge in [-0.05, 0) is 24.1 Å². The van der Waals surface area contributed by atoms with Gasteiger partial charge in [0.2, 0.25) is 11.8 Å². The SMILES string of the molecule is Cn1cnc(CN2CCN(c3cc4c(cc3F)C(=O)N(C3CCC(=O)NC3=O)C4)CC2)c1. The third-order valence-electron chi connectivity index (χ3n) is 6.45. The molecule has 32 heavy (non-hydrogen) atoms. The molecule has 3 amide bonds. The monoisotopic (exact) mass is 440 g/mol. The summed E-state index contributed by atoms with van der Waals surface area (Å²) in [4.78, 5) is 46.6. The van der Waals surface area contributed by atoms with Gasteiger partial charge in [0.15, 0.2) is 0 Å². The summed E-state index contributed by atoms with van der Waals surface area (Å²) in [6.07, 6.45) is 4.26. The van der Waals surface area contributed by atoms with Gasteiger partial charge in [-0.2, -0.15) is 0 Å². The number of rotatable bonds is 4. The zero-order chi connectivity index (χ0) is 22.4. The summed E-state index contributed by atoms with van der Waals surface area (Å²) in [5.41, 5.74) is 2.51. The lowest BCUT2D eigenvalue weighted by atomic mass is 10.0. The minimum absolute atomic E-state index is 0.193. The molecule has 10 heteroatoms. The zero-order valence-corrected chi connectivity index (χ0v) is 17.9. The number of amides is 3. The van der Waals surface area contributed by atoms with E-state index in [1.165, 1.54) is 11.0 Å². The van der Waals surface area contributed by atoms with Crippen LogP contribution in [0.4, 0.5) is 10.1 Å². The first-order valence-corrected chi connectivity index (χ1v) is 10.8. The van der Waals surface area contributed by atoms with Crippen LogP contribution in [0, 0.1) is 5.82 Å². The fraction of sp³-hybridized carbons (Fsp3) is 0.455. The second-order valence-corrected chi connectivity index (χ2v) is 8.65. The molecule has 1 atom stereocenters. The first kappa shape index (κ1) is 20.6. The number of nitrogens with zero attached hydrogens (tertiary/aromatic N) is 5. The van der Waals surface area contributed by atoms with Gasteiger partial charge in [0.1, 0.15) is 11.9 Å². The lowest BCUT2D eigenvalue weighted by Gasteiger charge is -2.36.